The standard InChI is InChI=1S/C9H10BrN3O/c1-9(2,14)8-12-11-7-5-6(10)3-4-13(7)8/h3-5,14H,1-2H3. The summed E-state index contributed by atoms with van der Waals surface area (Å²) in [5, 5.41) is 17.7. The molecule has 0 saturated heterocycles. The summed E-state index contributed by atoms with van der Waals surface area (Å²) in [7, 11) is 0. The Labute approximate surface area is 89.7 Å². The highest BCUT2D eigenvalue weighted by atomic mass is 79.9. The summed E-state index contributed by atoms with van der Waals surface area (Å²) in [6.45, 7) is 3.37. The molecule has 0 aliphatic carbocycles. The lowest BCUT2D eigenvalue weighted by Gasteiger charge is -2.14. The number of aromatic nitrogens is 3. The van der Waals surface area contributed by atoms with Crippen LogP contribution >= 0.6 is 15.9 Å². The highest BCUT2D eigenvalue weighted by Crippen LogP contribution is 2.20. The Morgan fingerprint density at radius 2 is 2.14 bits per heavy atom. The highest BCUT2D eigenvalue weighted by molar-refractivity contribution is 9.10. The molecule has 1 N–H and O–H groups in total. The van der Waals surface area contributed by atoms with Crippen LogP contribution in [0.15, 0.2) is 22.8 Å². The maximum absolute atomic E-state index is 9.81. The van der Waals surface area contributed by atoms with Crippen molar-refractivity contribution in [3.8, 4) is 0 Å². The van der Waals surface area contributed by atoms with E-state index in [1.807, 2.05) is 18.3 Å². The lowest BCUT2D eigenvalue weighted by Crippen LogP contribution is -2.19. The lowest BCUT2D eigenvalue weighted by atomic mass is 10.1. The van der Waals surface area contributed by atoms with E-state index in [-0.39, 0.29) is 0 Å². The summed E-state index contributed by atoms with van der Waals surface area (Å²) < 4.78 is 2.71. The number of hydrogen-bond donors (Lipinski definition) is 1. The van der Waals surface area contributed by atoms with Crippen LogP contribution in [0.4, 0.5) is 0 Å². The molecule has 0 atom stereocenters. The van der Waals surface area contributed by atoms with Gasteiger partial charge in [-0.15, -0.1) is 10.2 Å². The largest absolute Gasteiger partial charge is 0.382 e. The van der Waals surface area contributed by atoms with E-state index in [0.717, 1.165) is 10.1 Å². The van der Waals surface area contributed by atoms with E-state index in [0.29, 0.717) is 5.82 Å². The normalized spacial score (nSPS) is 12.3. The zero-order chi connectivity index (χ0) is 10.3. The zero-order valence-electron chi connectivity index (χ0n) is 7.90. The molecule has 2 heterocycles. The van der Waals surface area contributed by atoms with E-state index in [2.05, 4.69) is 26.1 Å². The topological polar surface area (TPSA) is 50.4 Å². The van der Waals surface area contributed by atoms with E-state index in [1.54, 1.807) is 18.2 Å². The maximum atomic E-state index is 9.81. The fraction of sp³-hybridized carbons (Fsp3) is 0.333. The molecule has 2 aromatic rings. The van der Waals surface area contributed by atoms with Crippen molar-refractivity contribution in [1.29, 1.82) is 0 Å². The third kappa shape index (κ3) is 1.53. The number of pyridine rings is 1. The molecule has 2 rings (SSSR count). The number of halogens is 1. The third-order valence-corrected chi connectivity index (χ3v) is 2.41. The Morgan fingerprint density at radius 3 is 2.79 bits per heavy atom. The number of aliphatic hydroxyl groups is 1. The van der Waals surface area contributed by atoms with E-state index < -0.39 is 5.60 Å². The molecule has 0 bridgehead atoms. The molecule has 14 heavy (non-hydrogen) atoms. The average molecular weight is 256 g/mol. The first-order valence-electron chi connectivity index (χ1n) is 4.21. The van der Waals surface area contributed by atoms with Crippen molar-refractivity contribution in [2.24, 2.45) is 0 Å². The predicted molar refractivity (Wildman–Crippen MR) is 55.9 cm³/mol. The van der Waals surface area contributed by atoms with Crippen LogP contribution in [0.25, 0.3) is 5.65 Å². The summed E-state index contributed by atoms with van der Waals surface area (Å²) in [6.07, 6.45) is 1.83. The van der Waals surface area contributed by atoms with Gasteiger partial charge < -0.3 is 5.11 Å². The number of fused-ring (bicyclic) bond motifs is 1. The van der Waals surface area contributed by atoms with Crippen LogP contribution in [0.5, 0.6) is 0 Å². The Morgan fingerprint density at radius 1 is 1.43 bits per heavy atom. The molecule has 74 valence electrons. The van der Waals surface area contributed by atoms with E-state index in [1.165, 1.54) is 0 Å². The molecule has 4 nitrogen and oxygen atoms in total. The van der Waals surface area contributed by atoms with Gasteiger partial charge in [0.1, 0.15) is 5.60 Å². The summed E-state index contributed by atoms with van der Waals surface area (Å²) >= 11 is 3.35. The van der Waals surface area contributed by atoms with Gasteiger partial charge in [-0.25, -0.2) is 0 Å². The fourth-order valence-electron chi connectivity index (χ4n) is 1.28. The molecule has 0 aromatic carbocycles. The van der Waals surface area contributed by atoms with Gasteiger partial charge >= 0.3 is 0 Å². The van der Waals surface area contributed by atoms with Crippen LogP contribution in [0.1, 0.15) is 19.7 Å². The summed E-state index contributed by atoms with van der Waals surface area (Å²) in [6, 6.07) is 3.73. The van der Waals surface area contributed by atoms with Gasteiger partial charge in [0.25, 0.3) is 0 Å². The average Bonchev–Trinajstić information content (AvgIpc) is 2.45. The second-order valence-electron chi connectivity index (χ2n) is 3.66. The first kappa shape index (κ1) is 9.61. The van der Waals surface area contributed by atoms with Gasteiger partial charge in [0.05, 0.1) is 0 Å². The zero-order valence-corrected chi connectivity index (χ0v) is 9.48. The molecule has 0 amide bonds. The van der Waals surface area contributed by atoms with E-state index in [9.17, 15) is 5.11 Å². The van der Waals surface area contributed by atoms with Crippen molar-refractivity contribution < 1.29 is 5.11 Å². The molecule has 0 radical (unpaired) electrons. The Bertz CT molecular complexity index is 472. The van der Waals surface area contributed by atoms with Gasteiger partial charge in [0.2, 0.25) is 0 Å². The minimum atomic E-state index is -0.979. The van der Waals surface area contributed by atoms with Crippen LogP contribution in [0.2, 0.25) is 0 Å². The monoisotopic (exact) mass is 255 g/mol. The van der Waals surface area contributed by atoms with Gasteiger partial charge in [-0.2, -0.15) is 0 Å². The molecular weight excluding hydrogens is 246 g/mol. The predicted octanol–water partition coefficient (Wildman–Crippen LogP) is 1.72. The lowest BCUT2D eigenvalue weighted by molar-refractivity contribution is 0.0676. The maximum Gasteiger partial charge on any atom is 0.168 e. The van der Waals surface area contributed by atoms with Gasteiger partial charge in [0, 0.05) is 10.7 Å². The second-order valence-corrected chi connectivity index (χ2v) is 4.57. The summed E-state index contributed by atoms with van der Waals surface area (Å²) in [5.74, 6) is 0.542. The fourth-order valence-corrected chi connectivity index (χ4v) is 1.61. The Balaban J connectivity index is 2.70. The van der Waals surface area contributed by atoms with Crippen LogP contribution in [-0.4, -0.2) is 19.7 Å². The van der Waals surface area contributed by atoms with Crippen molar-refractivity contribution in [2.45, 2.75) is 19.4 Å². The van der Waals surface area contributed by atoms with Crippen LogP contribution in [-0.2, 0) is 5.60 Å². The first-order chi connectivity index (χ1) is 6.48. The Hall–Kier alpha value is -0.940. The minimum absolute atomic E-state index is 0.542. The highest BCUT2D eigenvalue weighted by Gasteiger charge is 2.22. The first-order valence-corrected chi connectivity index (χ1v) is 5.01. The molecular formula is C9H10BrN3O. The number of nitrogens with zero attached hydrogens (tertiary/aromatic N) is 3. The van der Waals surface area contributed by atoms with Crippen molar-refractivity contribution in [1.82, 2.24) is 14.6 Å². The van der Waals surface area contributed by atoms with E-state index in [4.69, 9.17) is 0 Å². The van der Waals surface area contributed by atoms with Crippen molar-refractivity contribution >= 4 is 21.6 Å². The van der Waals surface area contributed by atoms with Crippen LogP contribution in [0, 0.1) is 0 Å². The third-order valence-electron chi connectivity index (χ3n) is 1.92. The minimum Gasteiger partial charge on any atom is -0.382 e. The van der Waals surface area contributed by atoms with Gasteiger partial charge in [-0.3, -0.25) is 4.40 Å². The van der Waals surface area contributed by atoms with Crippen LogP contribution < -0.4 is 0 Å². The van der Waals surface area contributed by atoms with Gasteiger partial charge in [-0.05, 0) is 26.0 Å². The van der Waals surface area contributed by atoms with Gasteiger partial charge in [0.15, 0.2) is 11.5 Å². The van der Waals surface area contributed by atoms with Crippen molar-refractivity contribution in [2.75, 3.05) is 0 Å². The molecule has 0 unspecified atom stereocenters. The summed E-state index contributed by atoms with van der Waals surface area (Å²) in [5.41, 5.74) is -0.260. The number of hydrogen-bond acceptors (Lipinski definition) is 3. The number of rotatable bonds is 1. The molecule has 5 heteroatoms. The quantitative estimate of drug-likeness (QED) is 0.845. The molecule has 0 aliphatic rings. The molecule has 0 saturated carbocycles. The van der Waals surface area contributed by atoms with Crippen LogP contribution in [0.3, 0.4) is 0 Å². The van der Waals surface area contributed by atoms with Crippen molar-refractivity contribution in [3.05, 3.63) is 28.6 Å². The second kappa shape index (κ2) is 3.03. The Kier molecular flexibility index (Phi) is 2.08. The smallest absolute Gasteiger partial charge is 0.168 e. The molecule has 0 fully saturated rings. The SMILES string of the molecule is CC(C)(O)c1nnc2cc(Br)ccn12. The van der Waals surface area contributed by atoms with Crippen molar-refractivity contribution in [3.63, 3.8) is 0 Å². The van der Waals surface area contributed by atoms with E-state index >= 15 is 0 Å². The molecule has 2 aromatic heterocycles. The molecule has 0 spiro atoms. The molecule has 0 aliphatic heterocycles. The summed E-state index contributed by atoms with van der Waals surface area (Å²) in [4.78, 5) is 0. The van der Waals surface area contributed by atoms with Gasteiger partial charge in [-0.1, -0.05) is 15.9 Å².